The second-order valence-corrected chi connectivity index (χ2v) is 6.27. The zero-order valence-electron chi connectivity index (χ0n) is 13.0. The fourth-order valence-corrected chi connectivity index (χ4v) is 1.71. The van der Waals surface area contributed by atoms with Gasteiger partial charge in [0.15, 0.2) is 6.61 Å². The molecule has 0 bridgehead atoms. The standard InChI is InChI=1S/C16H23NO4/c1-11-9-12(21-10-15(19)20)5-6-13(11)17-14(18)7-8-16(2,3)4/h5-6,9H,7-8,10H2,1-4H3,(H,17,18)(H,19,20). The number of hydrogen-bond acceptors (Lipinski definition) is 3. The Labute approximate surface area is 125 Å². The van der Waals surface area contributed by atoms with Crippen LogP contribution in [0.15, 0.2) is 18.2 Å². The molecule has 0 fully saturated rings. The summed E-state index contributed by atoms with van der Waals surface area (Å²) in [6, 6.07) is 5.08. The summed E-state index contributed by atoms with van der Waals surface area (Å²) in [5, 5.41) is 11.4. The fraction of sp³-hybridized carbons (Fsp3) is 0.500. The van der Waals surface area contributed by atoms with Crippen LogP contribution in [0.4, 0.5) is 5.69 Å². The summed E-state index contributed by atoms with van der Waals surface area (Å²) >= 11 is 0. The number of anilines is 1. The lowest BCUT2D eigenvalue weighted by Crippen LogP contribution is -2.16. The van der Waals surface area contributed by atoms with Crippen LogP contribution in [0.1, 0.15) is 39.2 Å². The first kappa shape index (κ1) is 17.0. The third kappa shape index (κ3) is 6.79. The summed E-state index contributed by atoms with van der Waals surface area (Å²) in [6.07, 6.45) is 1.29. The zero-order valence-corrected chi connectivity index (χ0v) is 13.0. The van der Waals surface area contributed by atoms with Crippen molar-refractivity contribution in [1.82, 2.24) is 0 Å². The molecule has 21 heavy (non-hydrogen) atoms. The lowest BCUT2D eigenvalue weighted by atomic mass is 9.90. The molecule has 0 spiro atoms. The van der Waals surface area contributed by atoms with Gasteiger partial charge >= 0.3 is 5.97 Å². The highest BCUT2D eigenvalue weighted by atomic mass is 16.5. The van der Waals surface area contributed by atoms with Crippen LogP contribution in [-0.4, -0.2) is 23.6 Å². The minimum absolute atomic E-state index is 0.0211. The summed E-state index contributed by atoms with van der Waals surface area (Å²) in [5.74, 6) is -0.568. The molecule has 0 aliphatic rings. The van der Waals surface area contributed by atoms with E-state index >= 15 is 0 Å². The van der Waals surface area contributed by atoms with Crippen molar-refractivity contribution >= 4 is 17.6 Å². The lowest BCUT2D eigenvalue weighted by Gasteiger charge is -2.17. The highest BCUT2D eigenvalue weighted by Crippen LogP contribution is 2.23. The fourth-order valence-electron chi connectivity index (χ4n) is 1.71. The Morgan fingerprint density at radius 1 is 1.29 bits per heavy atom. The van der Waals surface area contributed by atoms with Crippen LogP contribution in [0.3, 0.4) is 0 Å². The molecular formula is C16H23NO4. The molecule has 2 N–H and O–H groups in total. The topological polar surface area (TPSA) is 75.6 Å². The van der Waals surface area contributed by atoms with Crippen LogP contribution in [0.2, 0.25) is 0 Å². The third-order valence-corrected chi connectivity index (χ3v) is 2.94. The van der Waals surface area contributed by atoms with Crippen LogP contribution in [0, 0.1) is 12.3 Å². The average Bonchev–Trinajstić information content (AvgIpc) is 2.36. The lowest BCUT2D eigenvalue weighted by molar-refractivity contribution is -0.139. The Morgan fingerprint density at radius 3 is 2.48 bits per heavy atom. The molecule has 1 amide bonds. The molecule has 0 saturated carbocycles. The van der Waals surface area contributed by atoms with E-state index in [9.17, 15) is 9.59 Å². The first-order valence-corrected chi connectivity index (χ1v) is 6.92. The molecule has 5 heteroatoms. The number of hydrogen-bond donors (Lipinski definition) is 2. The summed E-state index contributed by atoms with van der Waals surface area (Å²) in [5.41, 5.74) is 1.68. The van der Waals surface area contributed by atoms with E-state index in [1.54, 1.807) is 18.2 Å². The van der Waals surface area contributed by atoms with Gasteiger partial charge in [0, 0.05) is 12.1 Å². The SMILES string of the molecule is Cc1cc(OCC(=O)O)ccc1NC(=O)CCC(C)(C)C. The molecule has 0 aromatic heterocycles. The molecule has 0 saturated heterocycles. The molecule has 1 aromatic rings. The Bertz CT molecular complexity index is 517. The van der Waals surface area contributed by atoms with E-state index in [0.29, 0.717) is 12.2 Å². The van der Waals surface area contributed by atoms with Gasteiger partial charge in [0.05, 0.1) is 0 Å². The molecule has 5 nitrogen and oxygen atoms in total. The number of aryl methyl sites for hydroxylation is 1. The first-order chi connectivity index (χ1) is 9.67. The molecule has 0 heterocycles. The number of carboxylic acid groups (broad SMARTS) is 1. The molecule has 0 unspecified atom stereocenters. The highest BCUT2D eigenvalue weighted by molar-refractivity contribution is 5.91. The van der Waals surface area contributed by atoms with Crippen molar-refractivity contribution in [3.63, 3.8) is 0 Å². The van der Waals surface area contributed by atoms with Crippen LogP contribution < -0.4 is 10.1 Å². The average molecular weight is 293 g/mol. The molecule has 1 aromatic carbocycles. The summed E-state index contributed by atoms with van der Waals surface area (Å²) < 4.78 is 5.09. The predicted octanol–water partition coefficient (Wildman–Crippen LogP) is 3.22. The number of carboxylic acids is 1. The smallest absolute Gasteiger partial charge is 0.341 e. The molecule has 0 aliphatic heterocycles. The molecule has 1 rings (SSSR count). The Hall–Kier alpha value is -2.04. The van der Waals surface area contributed by atoms with E-state index in [-0.39, 0.29) is 17.9 Å². The minimum Gasteiger partial charge on any atom is -0.482 e. The van der Waals surface area contributed by atoms with Gasteiger partial charge in [-0.2, -0.15) is 0 Å². The van der Waals surface area contributed by atoms with E-state index in [2.05, 4.69) is 26.1 Å². The van der Waals surface area contributed by atoms with Crippen molar-refractivity contribution in [3.8, 4) is 5.75 Å². The van der Waals surface area contributed by atoms with Gasteiger partial charge < -0.3 is 15.2 Å². The van der Waals surface area contributed by atoms with Crippen LogP contribution in [0.5, 0.6) is 5.75 Å². The van der Waals surface area contributed by atoms with Gasteiger partial charge in [0.25, 0.3) is 0 Å². The maximum Gasteiger partial charge on any atom is 0.341 e. The predicted molar refractivity (Wildman–Crippen MR) is 81.6 cm³/mol. The summed E-state index contributed by atoms with van der Waals surface area (Å²) in [4.78, 5) is 22.3. The van der Waals surface area contributed by atoms with Crippen molar-refractivity contribution in [2.75, 3.05) is 11.9 Å². The largest absolute Gasteiger partial charge is 0.482 e. The quantitative estimate of drug-likeness (QED) is 0.844. The first-order valence-electron chi connectivity index (χ1n) is 6.92. The number of ether oxygens (including phenoxy) is 1. The molecule has 0 radical (unpaired) electrons. The zero-order chi connectivity index (χ0) is 16.0. The Kier molecular flexibility index (Phi) is 5.76. The van der Waals surface area contributed by atoms with Crippen molar-refractivity contribution in [2.45, 2.75) is 40.5 Å². The maximum atomic E-state index is 11.9. The highest BCUT2D eigenvalue weighted by Gasteiger charge is 2.13. The van der Waals surface area contributed by atoms with Crippen LogP contribution in [-0.2, 0) is 9.59 Å². The number of amides is 1. The maximum absolute atomic E-state index is 11.9. The van der Waals surface area contributed by atoms with E-state index in [4.69, 9.17) is 9.84 Å². The van der Waals surface area contributed by atoms with Crippen LogP contribution >= 0.6 is 0 Å². The van der Waals surface area contributed by atoms with Gasteiger partial charge in [-0.1, -0.05) is 20.8 Å². The Morgan fingerprint density at radius 2 is 1.95 bits per heavy atom. The number of carbonyl (C=O) groups is 2. The Balaban J connectivity index is 2.60. The van der Waals surface area contributed by atoms with Crippen molar-refractivity contribution in [2.24, 2.45) is 5.41 Å². The number of nitrogens with one attached hydrogen (secondary N) is 1. The van der Waals surface area contributed by atoms with Gasteiger partial charge in [0.1, 0.15) is 5.75 Å². The van der Waals surface area contributed by atoms with Gasteiger partial charge in [-0.05, 0) is 42.5 Å². The third-order valence-electron chi connectivity index (χ3n) is 2.94. The van der Waals surface area contributed by atoms with Gasteiger partial charge in [0.2, 0.25) is 5.91 Å². The van der Waals surface area contributed by atoms with Crippen molar-refractivity contribution in [1.29, 1.82) is 0 Å². The van der Waals surface area contributed by atoms with E-state index in [1.165, 1.54) is 0 Å². The van der Waals surface area contributed by atoms with Gasteiger partial charge in [-0.3, -0.25) is 4.79 Å². The molecule has 0 atom stereocenters. The van der Waals surface area contributed by atoms with Crippen LogP contribution in [0.25, 0.3) is 0 Å². The molecule has 0 aliphatic carbocycles. The van der Waals surface area contributed by atoms with E-state index < -0.39 is 5.97 Å². The minimum atomic E-state index is -1.02. The molecule has 116 valence electrons. The number of rotatable bonds is 6. The second kappa shape index (κ2) is 7.11. The number of carbonyl (C=O) groups excluding carboxylic acids is 1. The normalized spacial score (nSPS) is 11.0. The second-order valence-electron chi connectivity index (χ2n) is 6.27. The van der Waals surface area contributed by atoms with E-state index in [0.717, 1.165) is 17.7 Å². The van der Waals surface area contributed by atoms with E-state index in [1.807, 2.05) is 6.92 Å². The number of benzene rings is 1. The van der Waals surface area contributed by atoms with Gasteiger partial charge in [-0.25, -0.2) is 4.79 Å². The van der Waals surface area contributed by atoms with Gasteiger partial charge in [-0.15, -0.1) is 0 Å². The summed E-state index contributed by atoms with van der Waals surface area (Å²) in [7, 11) is 0. The monoisotopic (exact) mass is 293 g/mol. The summed E-state index contributed by atoms with van der Waals surface area (Å²) in [6.45, 7) is 7.75. The van der Waals surface area contributed by atoms with Crippen molar-refractivity contribution < 1.29 is 19.4 Å². The van der Waals surface area contributed by atoms with Crippen molar-refractivity contribution in [3.05, 3.63) is 23.8 Å². The number of aliphatic carboxylic acids is 1. The molecular weight excluding hydrogens is 270 g/mol.